The minimum atomic E-state index is 0. The van der Waals surface area contributed by atoms with Crippen molar-refractivity contribution >= 4 is 35.8 Å². The molecule has 1 amide bonds. The van der Waals surface area contributed by atoms with E-state index in [2.05, 4.69) is 25.4 Å². The van der Waals surface area contributed by atoms with Crippen LogP contribution in [0.15, 0.2) is 4.99 Å². The average Bonchev–Trinajstić information content (AvgIpc) is 3.28. The highest BCUT2D eigenvalue weighted by molar-refractivity contribution is 14.0. The van der Waals surface area contributed by atoms with Gasteiger partial charge in [0.2, 0.25) is 5.91 Å². The molecule has 2 aliphatic heterocycles. The van der Waals surface area contributed by atoms with Crippen LogP contribution in [0.2, 0.25) is 0 Å². The second-order valence-corrected chi connectivity index (χ2v) is 6.96. The van der Waals surface area contributed by atoms with Crippen molar-refractivity contribution in [2.75, 3.05) is 53.0 Å². The van der Waals surface area contributed by atoms with Crippen molar-refractivity contribution in [3.05, 3.63) is 0 Å². The number of nitrogens with zero attached hydrogens (tertiary/aromatic N) is 3. The Morgan fingerprint density at radius 3 is 2.64 bits per heavy atom. The minimum absolute atomic E-state index is 0. The Morgan fingerprint density at radius 2 is 1.96 bits per heavy atom. The van der Waals surface area contributed by atoms with Crippen LogP contribution in [0.25, 0.3) is 0 Å². The first-order valence-corrected chi connectivity index (χ1v) is 9.33. The highest BCUT2D eigenvalue weighted by Crippen LogP contribution is 2.19. The van der Waals surface area contributed by atoms with Crippen LogP contribution in [0.4, 0.5) is 0 Å². The summed E-state index contributed by atoms with van der Waals surface area (Å²) in [5, 5.41) is 6.44. The maximum absolute atomic E-state index is 11.7. The molecule has 0 radical (unpaired) electrons. The normalized spacial score (nSPS) is 24.8. The standard InChI is InChI=1S/C17H31N5O2.HI/c1-18-17(19-7-2-3-16(23)20-14-4-5-14)22-8-6-15(13-22)21-9-11-24-12-10-21;/h14-15H,2-13H2,1H3,(H,18,19)(H,20,23);1H. The number of nitrogens with one attached hydrogen (secondary N) is 2. The molecule has 0 bridgehead atoms. The van der Waals surface area contributed by atoms with E-state index >= 15 is 0 Å². The molecule has 1 unspecified atom stereocenters. The molecule has 0 spiro atoms. The molecule has 2 saturated heterocycles. The molecule has 8 heteroatoms. The lowest BCUT2D eigenvalue weighted by Crippen LogP contribution is -2.46. The lowest BCUT2D eigenvalue weighted by molar-refractivity contribution is -0.121. The van der Waals surface area contributed by atoms with Crippen LogP contribution in [-0.4, -0.2) is 86.7 Å². The molecular weight excluding hydrogens is 433 g/mol. The third-order valence-corrected chi connectivity index (χ3v) is 5.04. The van der Waals surface area contributed by atoms with Gasteiger partial charge in [-0.15, -0.1) is 24.0 Å². The summed E-state index contributed by atoms with van der Waals surface area (Å²) in [6.07, 6.45) is 4.92. The lowest BCUT2D eigenvalue weighted by atomic mass is 10.2. The summed E-state index contributed by atoms with van der Waals surface area (Å²) in [5.74, 6) is 1.15. The predicted molar refractivity (Wildman–Crippen MR) is 110 cm³/mol. The zero-order valence-electron chi connectivity index (χ0n) is 15.2. The van der Waals surface area contributed by atoms with E-state index in [0.29, 0.717) is 18.5 Å². The fourth-order valence-electron chi connectivity index (χ4n) is 3.48. The van der Waals surface area contributed by atoms with Gasteiger partial charge < -0.3 is 20.3 Å². The fourth-order valence-corrected chi connectivity index (χ4v) is 3.48. The van der Waals surface area contributed by atoms with Crippen LogP contribution < -0.4 is 10.6 Å². The molecule has 7 nitrogen and oxygen atoms in total. The molecule has 3 fully saturated rings. The molecule has 1 atom stereocenters. The van der Waals surface area contributed by atoms with E-state index < -0.39 is 0 Å². The molecule has 1 aliphatic carbocycles. The van der Waals surface area contributed by atoms with Gasteiger partial charge in [-0.05, 0) is 25.7 Å². The number of halogens is 1. The number of aliphatic imine (C=N–C) groups is 1. The van der Waals surface area contributed by atoms with E-state index in [1.165, 1.54) is 6.42 Å². The van der Waals surface area contributed by atoms with Crippen molar-refractivity contribution in [2.24, 2.45) is 4.99 Å². The predicted octanol–water partition coefficient (Wildman–Crippen LogP) is 0.645. The molecule has 0 aromatic rings. The summed E-state index contributed by atoms with van der Waals surface area (Å²) >= 11 is 0. The smallest absolute Gasteiger partial charge is 0.220 e. The van der Waals surface area contributed by atoms with E-state index in [-0.39, 0.29) is 29.9 Å². The molecule has 1 saturated carbocycles. The molecule has 0 aromatic heterocycles. The Bertz CT molecular complexity index is 452. The number of carbonyl (C=O) groups is 1. The number of hydrogen-bond acceptors (Lipinski definition) is 4. The van der Waals surface area contributed by atoms with Crippen molar-refractivity contribution in [3.63, 3.8) is 0 Å². The molecule has 25 heavy (non-hydrogen) atoms. The molecule has 3 rings (SSSR count). The molecule has 0 aromatic carbocycles. The van der Waals surface area contributed by atoms with Gasteiger partial charge in [-0.3, -0.25) is 14.7 Å². The second-order valence-electron chi connectivity index (χ2n) is 6.96. The summed E-state index contributed by atoms with van der Waals surface area (Å²) < 4.78 is 5.44. The maximum Gasteiger partial charge on any atom is 0.220 e. The number of likely N-dealkylation sites (tertiary alicyclic amines) is 1. The van der Waals surface area contributed by atoms with Crippen LogP contribution in [0.1, 0.15) is 32.1 Å². The quantitative estimate of drug-likeness (QED) is 0.261. The number of amides is 1. The van der Waals surface area contributed by atoms with E-state index in [1.54, 1.807) is 0 Å². The van der Waals surface area contributed by atoms with Crippen molar-refractivity contribution < 1.29 is 9.53 Å². The SMILES string of the molecule is CN=C(NCCCC(=O)NC1CC1)N1CCC(N2CCOCC2)C1.I. The second kappa shape index (κ2) is 10.5. The topological polar surface area (TPSA) is 69.2 Å². The van der Waals surface area contributed by atoms with Gasteiger partial charge in [-0.1, -0.05) is 0 Å². The number of rotatable bonds is 6. The lowest BCUT2D eigenvalue weighted by Gasteiger charge is -2.32. The van der Waals surface area contributed by atoms with E-state index in [9.17, 15) is 4.79 Å². The summed E-state index contributed by atoms with van der Waals surface area (Å²) in [7, 11) is 1.84. The van der Waals surface area contributed by atoms with Crippen LogP contribution in [0.5, 0.6) is 0 Å². The third-order valence-electron chi connectivity index (χ3n) is 5.04. The molecule has 144 valence electrons. The Hall–Kier alpha value is -0.610. The summed E-state index contributed by atoms with van der Waals surface area (Å²) in [5.41, 5.74) is 0. The maximum atomic E-state index is 11.7. The van der Waals surface area contributed by atoms with Gasteiger partial charge in [0, 0.05) is 58.3 Å². The Balaban J connectivity index is 0.00000225. The monoisotopic (exact) mass is 465 g/mol. The minimum Gasteiger partial charge on any atom is -0.379 e. The van der Waals surface area contributed by atoms with Gasteiger partial charge in [0.15, 0.2) is 5.96 Å². The van der Waals surface area contributed by atoms with E-state index in [1.807, 2.05) is 7.05 Å². The van der Waals surface area contributed by atoms with Crippen LogP contribution in [0.3, 0.4) is 0 Å². The Kier molecular flexibility index (Phi) is 8.71. The van der Waals surface area contributed by atoms with Crippen molar-refractivity contribution in [1.82, 2.24) is 20.4 Å². The largest absolute Gasteiger partial charge is 0.379 e. The van der Waals surface area contributed by atoms with Gasteiger partial charge in [0.05, 0.1) is 13.2 Å². The molecular formula is C17H32IN5O2. The molecule has 3 aliphatic rings. The van der Waals surface area contributed by atoms with Crippen LogP contribution in [-0.2, 0) is 9.53 Å². The first-order chi connectivity index (χ1) is 11.8. The van der Waals surface area contributed by atoms with Crippen molar-refractivity contribution in [2.45, 2.75) is 44.2 Å². The van der Waals surface area contributed by atoms with Crippen molar-refractivity contribution in [3.8, 4) is 0 Å². The molecule has 2 heterocycles. The Morgan fingerprint density at radius 1 is 1.20 bits per heavy atom. The van der Waals surface area contributed by atoms with Gasteiger partial charge in [-0.2, -0.15) is 0 Å². The number of hydrogen-bond donors (Lipinski definition) is 2. The number of guanidine groups is 1. The van der Waals surface area contributed by atoms with Gasteiger partial charge >= 0.3 is 0 Å². The fraction of sp³-hybridized carbons (Fsp3) is 0.882. The van der Waals surface area contributed by atoms with Gasteiger partial charge in [0.25, 0.3) is 0 Å². The zero-order valence-corrected chi connectivity index (χ0v) is 17.5. The van der Waals surface area contributed by atoms with Gasteiger partial charge in [0.1, 0.15) is 0 Å². The van der Waals surface area contributed by atoms with E-state index in [4.69, 9.17) is 4.74 Å². The summed E-state index contributed by atoms with van der Waals surface area (Å²) in [6.45, 7) is 6.66. The Labute approximate surface area is 167 Å². The van der Waals surface area contributed by atoms with E-state index in [0.717, 1.165) is 71.2 Å². The highest BCUT2D eigenvalue weighted by Gasteiger charge is 2.30. The van der Waals surface area contributed by atoms with Crippen molar-refractivity contribution in [1.29, 1.82) is 0 Å². The summed E-state index contributed by atoms with van der Waals surface area (Å²) in [6, 6.07) is 1.07. The number of carbonyl (C=O) groups excluding carboxylic acids is 1. The average molecular weight is 465 g/mol. The number of morpholine rings is 1. The van der Waals surface area contributed by atoms with Gasteiger partial charge in [-0.25, -0.2) is 0 Å². The zero-order chi connectivity index (χ0) is 16.8. The molecule has 2 N–H and O–H groups in total. The highest BCUT2D eigenvalue weighted by atomic mass is 127. The first-order valence-electron chi connectivity index (χ1n) is 9.33. The number of ether oxygens (including phenoxy) is 1. The van der Waals surface area contributed by atoms with Crippen LogP contribution in [0, 0.1) is 0 Å². The summed E-state index contributed by atoms with van der Waals surface area (Å²) in [4.78, 5) is 21.0. The first kappa shape index (κ1) is 20.7. The third kappa shape index (κ3) is 6.56. The van der Waals surface area contributed by atoms with Crippen LogP contribution >= 0.6 is 24.0 Å².